The minimum atomic E-state index is 0.111. The largest absolute Gasteiger partial charge is 0.423 e. The van der Waals surface area contributed by atoms with Crippen molar-refractivity contribution in [1.82, 2.24) is 10.3 Å². The van der Waals surface area contributed by atoms with Crippen molar-refractivity contribution in [2.24, 2.45) is 17.8 Å². The first-order chi connectivity index (χ1) is 12.6. The van der Waals surface area contributed by atoms with Gasteiger partial charge in [-0.2, -0.15) is 4.98 Å². The third-order valence-electron chi connectivity index (χ3n) is 6.45. The number of hydrogen-bond acceptors (Lipinski definition) is 4. The number of para-hydroxylation sites is 2. The summed E-state index contributed by atoms with van der Waals surface area (Å²) in [5.74, 6) is 1.64. The predicted molar refractivity (Wildman–Crippen MR) is 103 cm³/mol. The summed E-state index contributed by atoms with van der Waals surface area (Å²) in [6.07, 6.45) is 5.37. The molecule has 0 spiro atoms. The summed E-state index contributed by atoms with van der Waals surface area (Å²) in [6, 6.07) is 8.87. The number of oxazole rings is 1. The number of benzene rings is 1. The number of nitrogens with one attached hydrogen (secondary N) is 1. The van der Waals surface area contributed by atoms with Crippen molar-refractivity contribution < 1.29 is 9.21 Å². The number of carbonyl (C=O) groups excluding carboxylic acids is 1. The quantitative estimate of drug-likeness (QED) is 0.904. The fourth-order valence-electron chi connectivity index (χ4n) is 4.41. The Morgan fingerprint density at radius 3 is 2.69 bits per heavy atom. The molecule has 1 aromatic heterocycles. The van der Waals surface area contributed by atoms with Crippen molar-refractivity contribution >= 4 is 23.0 Å². The van der Waals surface area contributed by atoms with Gasteiger partial charge in [0.25, 0.3) is 6.01 Å². The van der Waals surface area contributed by atoms with Gasteiger partial charge in [-0.3, -0.25) is 4.79 Å². The van der Waals surface area contributed by atoms with Gasteiger partial charge in [0.05, 0.1) is 0 Å². The van der Waals surface area contributed by atoms with Crippen LogP contribution in [0.3, 0.4) is 0 Å². The average molecular weight is 355 g/mol. The van der Waals surface area contributed by atoms with E-state index in [2.05, 4.69) is 29.0 Å². The summed E-state index contributed by atoms with van der Waals surface area (Å²) in [5, 5.41) is 3.35. The first-order valence-corrected chi connectivity index (χ1v) is 10.0. The van der Waals surface area contributed by atoms with Crippen LogP contribution in [-0.2, 0) is 4.79 Å². The number of rotatable bonds is 3. The lowest BCUT2D eigenvalue weighted by Crippen LogP contribution is -2.48. The molecule has 1 aromatic carbocycles. The molecular weight excluding hydrogens is 326 g/mol. The molecule has 1 aliphatic carbocycles. The van der Waals surface area contributed by atoms with Crippen LogP contribution in [0, 0.1) is 17.8 Å². The molecule has 4 rings (SSSR count). The van der Waals surface area contributed by atoms with Gasteiger partial charge in [0.15, 0.2) is 5.58 Å². The number of carbonyl (C=O) groups is 1. The van der Waals surface area contributed by atoms with E-state index in [0.717, 1.165) is 43.5 Å². The molecule has 1 amide bonds. The van der Waals surface area contributed by atoms with Crippen LogP contribution >= 0.6 is 0 Å². The Morgan fingerprint density at radius 2 is 1.92 bits per heavy atom. The van der Waals surface area contributed by atoms with Crippen molar-refractivity contribution in [1.29, 1.82) is 0 Å². The molecule has 26 heavy (non-hydrogen) atoms. The Bertz CT molecular complexity index is 730. The minimum Gasteiger partial charge on any atom is -0.423 e. The molecule has 0 bridgehead atoms. The van der Waals surface area contributed by atoms with Crippen LogP contribution in [0.25, 0.3) is 11.1 Å². The highest BCUT2D eigenvalue weighted by molar-refractivity contribution is 5.79. The zero-order chi connectivity index (χ0) is 18.1. The predicted octanol–water partition coefficient (Wildman–Crippen LogP) is 3.99. The molecule has 2 aliphatic rings. The molecule has 1 N–H and O–H groups in total. The van der Waals surface area contributed by atoms with Crippen LogP contribution in [0.4, 0.5) is 6.01 Å². The molecule has 5 heteroatoms. The van der Waals surface area contributed by atoms with Crippen molar-refractivity contribution in [3.63, 3.8) is 0 Å². The van der Waals surface area contributed by atoms with Gasteiger partial charge in [-0.25, -0.2) is 0 Å². The summed E-state index contributed by atoms with van der Waals surface area (Å²) >= 11 is 0. The number of fused-ring (bicyclic) bond motifs is 1. The average Bonchev–Trinajstić information content (AvgIpc) is 3.10. The second-order valence-corrected chi connectivity index (χ2v) is 8.11. The van der Waals surface area contributed by atoms with E-state index >= 15 is 0 Å². The molecule has 1 aliphatic heterocycles. The van der Waals surface area contributed by atoms with Crippen LogP contribution in [0.15, 0.2) is 28.7 Å². The monoisotopic (exact) mass is 355 g/mol. The van der Waals surface area contributed by atoms with Gasteiger partial charge in [-0.15, -0.1) is 0 Å². The van der Waals surface area contributed by atoms with Gasteiger partial charge >= 0.3 is 0 Å². The van der Waals surface area contributed by atoms with E-state index in [9.17, 15) is 4.79 Å². The molecule has 2 fully saturated rings. The summed E-state index contributed by atoms with van der Waals surface area (Å²) in [5.41, 5.74) is 1.71. The third kappa shape index (κ3) is 3.44. The van der Waals surface area contributed by atoms with Gasteiger partial charge in [0, 0.05) is 25.0 Å². The second-order valence-electron chi connectivity index (χ2n) is 8.11. The highest BCUT2D eigenvalue weighted by Gasteiger charge is 2.32. The van der Waals surface area contributed by atoms with Gasteiger partial charge in [0.1, 0.15) is 5.52 Å². The topological polar surface area (TPSA) is 58.4 Å². The summed E-state index contributed by atoms with van der Waals surface area (Å²) in [4.78, 5) is 19.5. The Hall–Kier alpha value is -2.04. The Morgan fingerprint density at radius 1 is 1.15 bits per heavy atom. The molecule has 2 heterocycles. The van der Waals surface area contributed by atoms with Crippen LogP contribution in [0.2, 0.25) is 0 Å². The normalized spacial score (nSPS) is 27.6. The van der Waals surface area contributed by atoms with E-state index in [4.69, 9.17) is 4.42 Å². The standard InChI is InChI=1S/C21H29N3O2/c1-14-6-5-8-17(15(14)2)22-20(25)16-10-12-24(13-11-16)21-23-18-7-3-4-9-19(18)26-21/h3-4,7,9,14-17H,5-6,8,10-13H2,1-2H3,(H,22,25). The van der Waals surface area contributed by atoms with E-state index in [1.165, 1.54) is 12.8 Å². The SMILES string of the molecule is CC1CCCC(NC(=O)C2CCN(c3nc4ccccc4o3)CC2)C1C. The van der Waals surface area contributed by atoms with Crippen molar-refractivity contribution in [2.75, 3.05) is 18.0 Å². The summed E-state index contributed by atoms with van der Waals surface area (Å²) in [6.45, 7) is 6.23. The van der Waals surface area contributed by atoms with Gasteiger partial charge in [-0.1, -0.05) is 38.8 Å². The highest BCUT2D eigenvalue weighted by Crippen LogP contribution is 2.31. The first-order valence-electron chi connectivity index (χ1n) is 10.0. The molecule has 5 nitrogen and oxygen atoms in total. The zero-order valence-electron chi connectivity index (χ0n) is 15.8. The summed E-state index contributed by atoms with van der Waals surface area (Å²) < 4.78 is 5.86. The van der Waals surface area contributed by atoms with Crippen molar-refractivity contribution in [3.05, 3.63) is 24.3 Å². The minimum absolute atomic E-state index is 0.111. The number of nitrogens with zero attached hydrogens (tertiary/aromatic N) is 2. The van der Waals surface area contributed by atoms with Crippen LogP contribution in [0.5, 0.6) is 0 Å². The van der Waals surface area contributed by atoms with E-state index in [-0.39, 0.29) is 11.8 Å². The fourth-order valence-corrected chi connectivity index (χ4v) is 4.41. The van der Waals surface area contributed by atoms with Crippen molar-refractivity contribution in [3.8, 4) is 0 Å². The second kappa shape index (κ2) is 7.29. The molecule has 2 aromatic rings. The fraction of sp³-hybridized carbons (Fsp3) is 0.619. The van der Waals surface area contributed by atoms with Crippen LogP contribution in [0.1, 0.15) is 46.0 Å². The summed E-state index contributed by atoms with van der Waals surface area (Å²) in [7, 11) is 0. The lowest BCUT2D eigenvalue weighted by Gasteiger charge is -2.36. The zero-order valence-corrected chi connectivity index (χ0v) is 15.8. The number of piperidine rings is 1. The molecule has 140 valence electrons. The number of anilines is 1. The lowest BCUT2D eigenvalue weighted by atomic mass is 9.78. The first kappa shape index (κ1) is 17.4. The molecule has 1 saturated carbocycles. The number of amides is 1. The van der Waals surface area contributed by atoms with Crippen LogP contribution in [-0.4, -0.2) is 30.0 Å². The van der Waals surface area contributed by atoms with Crippen LogP contribution < -0.4 is 10.2 Å². The molecule has 1 saturated heterocycles. The Balaban J connectivity index is 1.33. The Kier molecular flexibility index (Phi) is 4.88. The van der Waals surface area contributed by atoms with E-state index in [1.807, 2.05) is 24.3 Å². The maximum Gasteiger partial charge on any atom is 0.298 e. The van der Waals surface area contributed by atoms with Gasteiger partial charge in [0.2, 0.25) is 5.91 Å². The molecule has 0 radical (unpaired) electrons. The smallest absolute Gasteiger partial charge is 0.298 e. The van der Waals surface area contributed by atoms with Gasteiger partial charge < -0.3 is 14.6 Å². The maximum atomic E-state index is 12.7. The number of aromatic nitrogens is 1. The third-order valence-corrected chi connectivity index (χ3v) is 6.45. The Labute approximate surface area is 155 Å². The highest BCUT2D eigenvalue weighted by atomic mass is 16.4. The maximum absolute atomic E-state index is 12.7. The van der Waals surface area contributed by atoms with Gasteiger partial charge in [-0.05, 0) is 43.2 Å². The van der Waals surface area contributed by atoms with E-state index in [1.54, 1.807) is 0 Å². The molecular formula is C21H29N3O2. The van der Waals surface area contributed by atoms with Crippen molar-refractivity contribution in [2.45, 2.75) is 52.0 Å². The number of hydrogen-bond donors (Lipinski definition) is 1. The lowest BCUT2D eigenvalue weighted by molar-refractivity contribution is -0.127. The van der Waals surface area contributed by atoms with E-state index in [0.29, 0.717) is 23.9 Å². The molecule has 3 unspecified atom stereocenters. The van der Waals surface area contributed by atoms with E-state index < -0.39 is 0 Å². The molecule has 3 atom stereocenters.